The van der Waals surface area contributed by atoms with Gasteiger partial charge in [0.2, 0.25) is 0 Å². The third-order valence-corrected chi connectivity index (χ3v) is 5.24. The lowest BCUT2D eigenvalue weighted by atomic mass is 10.2. The van der Waals surface area contributed by atoms with Gasteiger partial charge in [-0.1, -0.05) is 6.07 Å². The summed E-state index contributed by atoms with van der Waals surface area (Å²) in [6.07, 6.45) is 0. The first-order valence-corrected chi connectivity index (χ1v) is 8.62. The number of ether oxygens (including phenoxy) is 1. The van der Waals surface area contributed by atoms with Crippen molar-refractivity contribution in [2.45, 2.75) is 11.8 Å². The van der Waals surface area contributed by atoms with E-state index in [-0.39, 0.29) is 10.6 Å². The number of nitrogens with one attached hydrogen (secondary N) is 1. The minimum absolute atomic E-state index is 0.121. The van der Waals surface area contributed by atoms with Gasteiger partial charge in [0.15, 0.2) is 0 Å². The molecule has 0 aliphatic carbocycles. The fourth-order valence-electron chi connectivity index (χ4n) is 2.53. The monoisotopic (exact) mass is 336 g/mol. The molecule has 0 saturated heterocycles. The number of sulfonamides is 1. The molecule has 0 aromatic heterocycles. The topological polar surface area (TPSA) is 58.6 Å². The minimum Gasteiger partial charge on any atom is -0.490 e. The molecule has 0 atom stereocenters. The van der Waals surface area contributed by atoms with E-state index in [0.29, 0.717) is 17.9 Å². The number of anilines is 2. The fourth-order valence-corrected chi connectivity index (χ4v) is 3.82. The highest BCUT2D eigenvalue weighted by Crippen LogP contribution is 2.35. The van der Waals surface area contributed by atoms with Crippen LogP contribution >= 0.6 is 0 Å². The Hall–Kier alpha value is -2.28. The van der Waals surface area contributed by atoms with E-state index < -0.39 is 15.8 Å². The number of fused-ring (bicyclic) bond motifs is 1. The molecular weight excluding hydrogens is 319 g/mol. The summed E-state index contributed by atoms with van der Waals surface area (Å²) in [4.78, 5) is 2.14. The summed E-state index contributed by atoms with van der Waals surface area (Å²) in [5.74, 6) is 0.0290. The number of hydrogen-bond acceptors (Lipinski definition) is 4. The van der Waals surface area contributed by atoms with Gasteiger partial charge in [0, 0.05) is 13.1 Å². The van der Waals surface area contributed by atoms with Crippen LogP contribution in [-0.2, 0) is 10.0 Å². The van der Waals surface area contributed by atoms with E-state index in [2.05, 4.69) is 4.72 Å². The largest absolute Gasteiger partial charge is 0.490 e. The zero-order chi connectivity index (χ0) is 16.6. The number of benzene rings is 2. The van der Waals surface area contributed by atoms with E-state index in [4.69, 9.17) is 4.74 Å². The smallest absolute Gasteiger partial charge is 0.262 e. The molecule has 1 heterocycles. The lowest BCUT2D eigenvalue weighted by Crippen LogP contribution is -2.29. The molecule has 0 bridgehead atoms. The normalized spacial score (nSPS) is 14.1. The van der Waals surface area contributed by atoms with Crippen LogP contribution in [0.2, 0.25) is 0 Å². The second-order valence-corrected chi connectivity index (χ2v) is 7.12. The van der Waals surface area contributed by atoms with E-state index in [9.17, 15) is 12.8 Å². The highest BCUT2D eigenvalue weighted by atomic mass is 32.2. The van der Waals surface area contributed by atoms with E-state index >= 15 is 0 Å². The van der Waals surface area contributed by atoms with Gasteiger partial charge < -0.3 is 9.64 Å². The first kappa shape index (κ1) is 15.6. The van der Waals surface area contributed by atoms with E-state index in [0.717, 1.165) is 18.3 Å². The maximum atomic E-state index is 13.2. The van der Waals surface area contributed by atoms with Gasteiger partial charge in [0.05, 0.1) is 22.8 Å². The Bertz CT molecular complexity index is 852. The zero-order valence-electron chi connectivity index (χ0n) is 12.8. The van der Waals surface area contributed by atoms with Crippen molar-refractivity contribution in [3.05, 3.63) is 47.8 Å². The predicted molar refractivity (Wildman–Crippen MR) is 87.2 cm³/mol. The molecule has 23 heavy (non-hydrogen) atoms. The minimum atomic E-state index is -3.83. The van der Waals surface area contributed by atoms with Crippen LogP contribution in [0.4, 0.5) is 15.8 Å². The Morgan fingerprint density at radius 1 is 1.26 bits per heavy atom. The van der Waals surface area contributed by atoms with Crippen molar-refractivity contribution in [2.24, 2.45) is 0 Å². The van der Waals surface area contributed by atoms with Crippen LogP contribution in [-0.4, -0.2) is 28.6 Å². The summed E-state index contributed by atoms with van der Waals surface area (Å²) in [6.45, 7) is 2.98. The molecule has 7 heteroatoms. The summed E-state index contributed by atoms with van der Waals surface area (Å²) in [5.41, 5.74) is 1.64. The standard InChI is InChI=1S/C16H17FN2O3S/c1-11-8-14-15(22-7-6-19(14)2)10-16(11)23(20,21)18-13-5-3-4-12(17)9-13/h3-5,8-10,18H,6-7H2,1-2H3. The van der Waals surface area contributed by atoms with E-state index in [1.807, 2.05) is 11.9 Å². The van der Waals surface area contributed by atoms with Gasteiger partial charge in [-0.25, -0.2) is 12.8 Å². The highest BCUT2D eigenvalue weighted by molar-refractivity contribution is 7.92. The number of likely N-dealkylation sites (N-methyl/N-ethyl adjacent to an activating group) is 1. The van der Waals surface area contributed by atoms with Gasteiger partial charge in [-0.15, -0.1) is 0 Å². The molecule has 0 amide bonds. The molecule has 1 aliphatic rings. The molecule has 1 N–H and O–H groups in total. The van der Waals surface area contributed by atoms with Gasteiger partial charge in [-0.05, 0) is 36.8 Å². The van der Waals surface area contributed by atoms with Crippen molar-refractivity contribution < 1.29 is 17.5 Å². The van der Waals surface area contributed by atoms with Crippen molar-refractivity contribution in [3.8, 4) is 5.75 Å². The molecule has 0 radical (unpaired) electrons. The van der Waals surface area contributed by atoms with Crippen LogP contribution in [0.1, 0.15) is 5.56 Å². The summed E-state index contributed by atoms with van der Waals surface area (Å²) in [5, 5.41) is 0. The number of hydrogen-bond donors (Lipinski definition) is 1. The van der Waals surface area contributed by atoms with E-state index in [1.54, 1.807) is 13.0 Å². The summed E-state index contributed by atoms with van der Waals surface area (Å²) >= 11 is 0. The lowest BCUT2D eigenvalue weighted by Gasteiger charge is -2.28. The third kappa shape index (κ3) is 3.10. The van der Waals surface area contributed by atoms with Gasteiger partial charge >= 0.3 is 0 Å². The second kappa shape index (κ2) is 5.73. The molecule has 0 spiro atoms. The molecule has 3 rings (SSSR count). The van der Waals surface area contributed by atoms with Crippen LogP contribution in [0.5, 0.6) is 5.75 Å². The first-order chi connectivity index (χ1) is 10.9. The molecule has 0 fully saturated rings. The molecule has 1 aliphatic heterocycles. The maximum Gasteiger partial charge on any atom is 0.262 e. The second-order valence-electron chi connectivity index (χ2n) is 5.47. The van der Waals surface area contributed by atoms with Crippen LogP contribution in [0.15, 0.2) is 41.3 Å². The Morgan fingerprint density at radius 3 is 2.78 bits per heavy atom. The summed E-state index contributed by atoms with van der Waals surface area (Å²) < 4.78 is 46.4. The number of nitrogens with zero attached hydrogens (tertiary/aromatic N) is 1. The predicted octanol–water partition coefficient (Wildman–Crippen LogP) is 2.76. The number of halogens is 1. The van der Waals surface area contributed by atoms with Gasteiger partial charge in [0.1, 0.15) is 18.2 Å². The molecule has 0 unspecified atom stereocenters. The number of rotatable bonds is 3. The van der Waals surface area contributed by atoms with Crippen molar-refractivity contribution >= 4 is 21.4 Å². The quantitative estimate of drug-likeness (QED) is 0.936. The van der Waals surface area contributed by atoms with Crippen molar-refractivity contribution in [2.75, 3.05) is 29.8 Å². The first-order valence-electron chi connectivity index (χ1n) is 7.14. The Morgan fingerprint density at radius 2 is 2.04 bits per heavy atom. The average molecular weight is 336 g/mol. The molecule has 0 saturated carbocycles. The Labute approximate surface area is 134 Å². The molecule has 5 nitrogen and oxygen atoms in total. The van der Waals surface area contributed by atoms with Gasteiger partial charge in [-0.3, -0.25) is 4.72 Å². The Kier molecular flexibility index (Phi) is 3.89. The fraction of sp³-hybridized carbons (Fsp3) is 0.250. The van der Waals surface area contributed by atoms with Gasteiger partial charge in [-0.2, -0.15) is 0 Å². The zero-order valence-corrected chi connectivity index (χ0v) is 13.7. The molecular formula is C16H17FN2O3S. The van der Waals surface area contributed by atoms with E-state index in [1.165, 1.54) is 24.3 Å². The van der Waals surface area contributed by atoms with Crippen LogP contribution in [0, 0.1) is 12.7 Å². The highest BCUT2D eigenvalue weighted by Gasteiger charge is 2.23. The number of aryl methyl sites for hydroxylation is 1. The third-order valence-electron chi connectivity index (χ3n) is 3.72. The van der Waals surface area contributed by atoms with Crippen LogP contribution in [0.3, 0.4) is 0 Å². The Balaban J connectivity index is 2.00. The van der Waals surface area contributed by atoms with Crippen LogP contribution in [0.25, 0.3) is 0 Å². The summed E-state index contributed by atoms with van der Waals surface area (Å²) in [7, 11) is -1.90. The van der Waals surface area contributed by atoms with Crippen molar-refractivity contribution in [1.82, 2.24) is 0 Å². The maximum absolute atomic E-state index is 13.2. The van der Waals surface area contributed by atoms with Crippen molar-refractivity contribution in [1.29, 1.82) is 0 Å². The molecule has 122 valence electrons. The SMILES string of the molecule is Cc1cc2c(cc1S(=O)(=O)Nc1cccc(F)c1)OCCN2C. The van der Waals surface area contributed by atoms with Crippen LogP contribution < -0.4 is 14.4 Å². The average Bonchev–Trinajstić information content (AvgIpc) is 2.47. The molecule has 2 aromatic carbocycles. The van der Waals surface area contributed by atoms with Gasteiger partial charge in [0.25, 0.3) is 10.0 Å². The summed E-state index contributed by atoms with van der Waals surface area (Å²) in [6, 6.07) is 8.64. The lowest BCUT2D eigenvalue weighted by molar-refractivity contribution is 0.310. The molecule has 2 aromatic rings. The van der Waals surface area contributed by atoms with Crippen molar-refractivity contribution in [3.63, 3.8) is 0 Å².